The van der Waals surface area contributed by atoms with E-state index in [4.69, 9.17) is 10.5 Å². The molecule has 1 saturated carbocycles. The van der Waals surface area contributed by atoms with Crippen LogP contribution in [0.1, 0.15) is 44.1 Å². The summed E-state index contributed by atoms with van der Waals surface area (Å²) in [4.78, 5) is 0. The zero-order chi connectivity index (χ0) is 14.3. The molecule has 2 nitrogen and oxygen atoms in total. The maximum atomic E-state index is 6.58. The maximum Gasteiger partial charge on any atom is 0.0716 e. The first-order valence-corrected chi connectivity index (χ1v) is 7.76. The standard InChI is InChI=1S/C18H27NO/c1-2-12-18(19)13-7-6-10-17(18)11-14-20-15-16-8-4-3-5-9-16/h2-5,8-9,17H,1,6-7,10-15,19H2/t17-,18+/m0/s1. The minimum atomic E-state index is -0.0455. The van der Waals surface area contributed by atoms with Crippen molar-refractivity contribution in [1.82, 2.24) is 0 Å². The highest BCUT2D eigenvalue weighted by molar-refractivity contribution is 5.13. The lowest BCUT2D eigenvalue weighted by atomic mass is 9.70. The molecule has 0 amide bonds. The van der Waals surface area contributed by atoms with Gasteiger partial charge in [-0.3, -0.25) is 0 Å². The molecule has 2 N–H and O–H groups in total. The van der Waals surface area contributed by atoms with Gasteiger partial charge in [0, 0.05) is 12.1 Å². The monoisotopic (exact) mass is 273 g/mol. The summed E-state index contributed by atoms with van der Waals surface area (Å²) < 4.78 is 5.81. The Balaban J connectivity index is 1.75. The van der Waals surface area contributed by atoms with E-state index >= 15 is 0 Å². The molecule has 20 heavy (non-hydrogen) atoms. The van der Waals surface area contributed by atoms with Crippen LogP contribution in [0.25, 0.3) is 0 Å². The Bertz CT molecular complexity index is 403. The van der Waals surface area contributed by atoms with Crippen LogP contribution in [0.3, 0.4) is 0 Å². The van der Waals surface area contributed by atoms with Gasteiger partial charge >= 0.3 is 0 Å². The lowest BCUT2D eigenvalue weighted by Crippen LogP contribution is -2.49. The van der Waals surface area contributed by atoms with E-state index in [0.29, 0.717) is 12.5 Å². The van der Waals surface area contributed by atoms with Gasteiger partial charge in [-0.15, -0.1) is 6.58 Å². The van der Waals surface area contributed by atoms with E-state index in [1.807, 2.05) is 12.1 Å². The summed E-state index contributed by atoms with van der Waals surface area (Å²) in [6, 6.07) is 10.3. The fourth-order valence-corrected chi connectivity index (χ4v) is 3.30. The Morgan fingerprint density at radius 2 is 2.10 bits per heavy atom. The highest BCUT2D eigenvalue weighted by Gasteiger charge is 2.35. The Kier molecular flexibility index (Phi) is 5.81. The molecular formula is C18H27NO. The number of hydrogen-bond acceptors (Lipinski definition) is 2. The molecule has 0 saturated heterocycles. The lowest BCUT2D eigenvalue weighted by molar-refractivity contribution is 0.0802. The van der Waals surface area contributed by atoms with E-state index < -0.39 is 0 Å². The van der Waals surface area contributed by atoms with Crippen LogP contribution in [0.4, 0.5) is 0 Å². The molecule has 0 unspecified atom stereocenters. The van der Waals surface area contributed by atoms with Gasteiger partial charge in [0.25, 0.3) is 0 Å². The smallest absolute Gasteiger partial charge is 0.0716 e. The molecule has 0 radical (unpaired) electrons. The van der Waals surface area contributed by atoms with E-state index in [1.54, 1.807) is 0 Å². The van der Waals surface area contributed by atoms with Gasteiger partial charge in [0.15, 0.2) is 0 Å². The van der Waals surface area contributed by atoms with Crippen LogP contribution in [0, 0.1) is 5.92 Å². The van der Waals surface area contributed by atoms with Gasteiger partial charge in [-0.25, -0.2) is 0 Å². The van der Waals surface area contributed by atoms with Crippen molar-refractivity contribution in [2.75, 3.05) is 6.61 Å². The second-order valence-corrected chi connectivity index (χ2v) is 6.00. The van der Waals surface area contributed by atoms with Gasteiger partial charge < -0.3 is 10.5 Å². The van der Waals surface area contributed by atoms with Crippen molar-refractivity contribution < 1.29 is 4.74 Å². The molecule has 110 valence electrons. The Morgan fingerprint density at radius 1 is 1.30 bits per heavy atom. The van der Waals surface area contributed by atoms with Crippen molar-refractivity contribution in [3.8, 4) is 0 Å². The van der Waals surface area contributed by atoms with E-state index in [1.165, 1.54) is 24.8 Å². The van der Waals surface area contributed by atoms with Gasteiger partial charge in [-0.2, -0.15) is 0 Å². The summed E-state index contributed by atoms with van der Waals surface area (Å²) in [5.41, 5.74) is 7.77. The average Bonchev–Trinajstić information content (AvgIpc) is 2.46. The second-order valence-electron chi connectivity index (χ2n) is 6.00. The Morgan fingerprint density at radius 3 is 2.85 bits per heavy atom. The van der Waals surface area contributed by atoms with Gasteiger partial charge in [-0.05, 0) is 37.2 Å². The topological polar surface area (TPSA) is 35.2 Å². The lowest BCUT2D eigenvalue weighted by Gasteiger charge is -2.41. The van der Waals surface area contributed by atoms with Gasteiger partial charge in [0.2, 0.25) is 0 Å². The van der Waals surface area contributed by atoms with Gasteiger partial charge in [0.1, 0.15) is 0 Å². The number of benzene rings is 1. The van der Waals surface area contributed by atoms with E-state index in [-0.39, 0.29) is 5.54 Å². The number of ether oxygens (including phenoxy) is 1. The number of hydrogen-bond donors (Lipinski definition) is 1. The Labute approximate surface area is 123 Å². The first-order valence-electron chi connectivity index (χ1n) is 7.76. The molecule has 1 aromatic carbocycles. The molecular weight excluding hydrogens is 246 g/mol. The molecule has 0 aromatic heterocycles. The van der Waals surface area contributed by atoms with Gasteiger partial charge in [0.05, 0.1) is 6.61 Å². The minimum absolute atomic E-state index is 0.0455. The first-order chi connectivity index (χ1) is 9.74. The zero-order valence-electron chi connectivity index (χ0n) is 12.4. The third-order valence-corrected chi connectivity index (χ3v) is 4.50. The zero-order valence-corrected chi connectivity index (χ0v) is 12.4. The predicted molar refractivity (Wildman–Crippen MR) is 84.4 cm³/mol. The van der Waals surface area contributed by atoms with Crippen molar-refractivity contribution in [2.24, 2.45) is 11.7 Å². The molecule has 0 heterocycles. The van der Waals surface area contributed by atoms with Crippen LogP contribution in [0.15, 0.2) is 43.0 Å². The van der Waals surface area contributed by atoms with Crippen molar-refractivity contribution in [3.05, 3.63) is 48.6 Å². The van der Waals surface area contributed by atoms with Crippen molar-refractivity contribution >= 4 is 0 Å². The highest BCUT2D eigenvalue weighted by atomic mass is 16.5. The molecule has 1 aliphatic rings. The Hall–Kier alpha value is -1.12. The van der Waals surface area contributed by atoms with Crippen molar-refractivity contribution in [3.63, 3.8) is 0 Å². The summed E-state index contributed by atoms with van der Waals surface area (Å²) in [5, 5.41) is 0. The molecule has 0 bridgehead atoms. The molecule has 2 heteroatoms. The summed E-state index contributed by atoms with van der Waals surface area (Å²) >= 11 is 0. The highest BCUT2D eigenvalue weighted by Crippen LogP contribution is 2.36. The second kappa shape index (κ2) is 7.61. The third kappa shape index (κ3) is 4.19. The number of nitrogens with two attached hydrogens (primary N) is 1. The van der Waals surface area contributed by atoms with E-state index in [0.717, 1.165) is 25.9 Å². The molecule has 1 aliphatic carbocycles. The predicted octanol–water partition coefficient (Wildman–Crippen LogP) is 4.06. The maximum absolute atomic E-state index is 6.58. The average molecular weight is 273 g/mol. The molecule has 2 atom stereocenters. The van der Waals surface area contributed by atoms with Crippen molar-refractivity contribution in [2.45, 2.75) is 50.7 Å². The molecule has 2 rings (SSSR count). The SMILES string of the molecule is C=CC[C@@]1(N)CCCC[C@H]1CCOCc1ccccc1. The largest absolute Gasteiger partial charge is 0.377 e. The van der Waals surface area contributed by atoms with Crippen LogP contribution in [-0.2, 0) is 11.3 Å². The molecule has 1 aromatic rings. The summed E-state index contributed by atoms with van der Waals surface area (Å²) in [7, 11) is 0. The molecule has 1 fully saturated rings. The minimum Gasteiger partial charge on any atom is -0.377 e. The van der Waals surface area contributed by atoms with Crippen molar-refractivity contribution in [1.29, 1.82) is 0 Å². The van der Waals surface area contributed by atoms with Gasteiger partial charge in [-0.1, -0.05) is 49.2 Å². The van der Waals surface area contributed by atoms with Crippen LogP contribution >= 0.6 is 0 Å². The summed E-state index contributed by atoms with van der Waals surface area (Å²) in [5.74, 6) is 0.574. The normalized spacial score (nSPS) is 26.4. The van der Waals surface area contributed by atoms with E-state index in [2.05, 4.69) is 30.8 Å². The summed E-state index contributed by atoms with van der Waals surface area (Å²) in [6.07, 6.45) is 8.89. The van der Waals surface area contributed by atoms with E-state index in [9.17, 15) is 0 Å². The third-order valence-electron chi connectivity index (χ3n) is 4.50. The first kappa shape index (κ1) is 15.3. The fourth-order valence-electron chi connectivity index (χ4n) is 3.30. The van der Waals surface area contributed by atoms with Crippen LogP contribution in [0.2, 0.25) is 0 Å². The van der Waals surface area contributed by atoms with Crippen LogP contribution in [-0.4, -0.2) is 12.1 Å². The molecule has 0 aliphatic heterocycles. The van der Waals surface area contributed by atoms with Crippen LogP contribution in [0.5, 0.6) is 0 Å². The summed E-state index contributed by atoms with van der Waals surface area (Å²) in [6.45, 7) is 5.36. The molecule has 0 spiro atoms. The van der Waals surface area contributed by atoms with Crippen LogP contribution < -0.4 is 5.73 Å². The fraction of sp³-hybridized carbons (Fsp3) is 0.556. The number of rotatable bonds is 7. The quantitative estimate of drug-likeness (QED) is 0.600.